The van der Waals surface area contributed by atoms with E-state index in [1.807, 2.05) is 37.3 Å². The lowest BCUT2D eigenvalue weighted by atomic mass is 10.1. The first kappa shape index (κ1) is 13.6. The van der Waals surface area contributed by atoms with E-state index >= 15 is 0 Å². The van der Waals surface area contributed by atoms with Crippen LogP contribution in [0.2, 0.25) is 0 Å². The summed E-state index contributed by atoms with van der Waals surface area (Å²) in [4.78, 5) is 4.42. The van der Waals surface area contributed by atoms with Crippen molar-refractivity contribution in [2.24, 2.45) is 5.73 Å². The lowest BCUT2D eigenvalue weighted by Gasteiger charge is -2.12. The maximum atomic E-state index is 6.11. The van der Waals surface area contributed by atoms with Crippen molar-refractivity contribution in [2.45, 2.75) is 13.3 Å². The Kier molecular flexibility index (Phi) is 3.84. The summed E-state index contributed by atoms with van der Waals surface area (Å²) in [7, 11) is 0. The highest BCUT2D eigenvalue weighted by molar-refractivity contribution is 5.84. The number of pyridine rings is 1. The third-order valence-electron chi connectivity index (χ3n) is 3.50. The molecule has 0 fully saturated rings. The molecule has 0 radical (unpaired) electrons. The zero-order valence-corrected chi connectivity index (χ0v) is 12.0. The molecule has 2 N–H and O–H groups in total. The number of hydrogen-bond donors (Lipinski definition) is 1. The molecule has 3 aromatic rings. The fourth-order valence-electron chi connectivity index (χ4n) is 2.35. The van der Waals surface area contributed by atoms with Crippen LogP contribution in [-0.2, 0) is 6.42 Å². The number of nitrogens with two attached hydrogens (primary N) is 1. The van der Waals surface area contributed by atoms with Crippen LogP contribution < -0.4 is 10.5 Å². The Morgan fingerprint density at radius 3 is 2.76 bits per heavy atom. The van der Waals surface area contributed by atoms with Crippen LogP contribution in [0.1, 0.15) is 11.1 Å². The van der Waals surface area contributed by atoms with E-state index < -0.39 is 0 Å². The van der Waals surface area contributed by atoms with Crippen LogP contribution >= 0.6 is 0 Å². The van der Waals surface area contributed by atoms with Crippen molar-refractivity contribution in [1.29, 1.82) is 0 Å². The number of benzene rings is 2. The molecule has 1 heterocycles. The highest BCUT2D eigenvalue weighted by Crippen LogP contribution is 2.30. The summed E-state index contributed by atoms with van der Waals surface area (Å²) in [5.74, 6) is 1.64. The molecule has 0 bridgehead atoms. The van der Waals surface area contributed by atoms with Gasteiger partial charge in [0.15, 0.2) is 5.75 Å². The van der Waals surface area contributed by atoms with E-state index in [9.17, 15) is 0 Å². The Hall–Kier alpha value is -2.39. The number of rotatable bonds is 4. The quantitative estimate of drug-likeness (QED) is 0.789. The van der Waals surface area contributed by atoms with Crippen molar-refractivity contribution in [1.82, 2.24) is 4.98 Å². The Morgan fingerprint density at radius 1 is 1.05 bits per heavy atom. The van der Waals surface area contributed by atoms with Gasteiger partial charge in [-0.2, -0.15) is 0 Å². The fraction of sp³-hybridized carbons (Fsp3) is 0.167. The van der Waals surface area contributed by atoms with Crippen LogP contribution in [0.25, 0.3) is 10.9 Å². The number of ether oxygens (including phenoxy) is 1. The molecule has 0 spiro atoms. The van der Waals surface area contributed by atoms with Gasteiger partial charge in [0.2, 0.25) is 0 Å². The summed E-state index contributed by atoms with van der Waals surface area (Å²) >= 11 is 0. The summed E-state index contributed by atoms with van der Waals surface area (Å²) in [5.41, 5.74) is 8.79. The average Bonchev–Trinajstić information content (AvgIpc) is 2.51. The third-order valence-corrected chi connectivity index (χ3v) is 3.50. The molecule has 3 heteroatoms. The standard InChI is InChI=1S/C18H18N2O/c1-13-7-8-14(9-10-19)12-17(13)21-16-6-2-4-15-5-3-11-20-18(15)16/h2-8,11-12H,9-10,19H2,1H3. The highest BCUT2D eigenvalue weighted by Gasteiger charge is 2.07. The second-order valence-corrected chi connectivity index (χ2v) is 5.07. The van der Waals surface area contributed by atoms with E-state index in [1.165, 1.54) is 5.56 Å². The minimum absolute atomic E-state index is 0.637. The number of hydrogen-bond acceptors (Lipinski definition) is 3. The maximum Gasteiger partial charge on any atom is 0.153 e. The molecule has 2 aromatic carbocycles. The lowest BCUT2D eigenvalue weighted by Crippen LogP contribution is -2.03. The van der Waals surface area contributed by atoms with Crippen LogP contribution in [0.4, 0.5) is 0 Å². The van der Waals surface area contributed by atoms with Gasteiger partial charge in [0.1, 0.15) is 11.3 Å². The van der Waals surface area contributed by atoms with Crippen molar-refractivity contribution in [3.63, 3.8) is 0 Å². The zero-order chi connectivity index (χ0) is 14.7. The molecule has 0 saturated carbocycles. The predicted molar refractivity (Wildman–Crippen MR) is 85.8 cm³/mol. The number of aryl methyl sites for hydroxylation is 1. The highest BCUT2D eigenvalue weighted by atomic mass is 16.5. The molecular weight excluding hydrogens is 260 g/mol. The molecule has 0 aliphatic heterocycles. The summed E-state index contributed by atoms with van der Waals surface area (Å²) in [5, 5.41) is 1.07. The van der Waals surface area contributed by atoms with Crippen molar-refractivity contribution < 1.29 is 4.74 Å². The number of nitrogens with zero attached hydrogens (tertiary/aromatic N) is 1. The average molecular weight is 278 g/mol. The van der Waals surface area contributed by atoms with E-state index in [0.29, 0.717) is 6.54 Å². The van der Waals surface area contributed by atoms with Crippen LogP contribution in [0.15, 0.2) is 54.7 Å². The minimum Gasteiger partial charge on any atom is -0.455 e. The number of aromatic nitrogens is 1. The normalized spacial score (nSPS) is 10.8. The molecular formula is C18H18N2O. The van der Waals surface area contributed by atoms with E-state index in [2.05, 4.69) is 23.2 Å². The fourth-order valence-corrected chi connectivity index (χ4v) is 2.35. The number of fused-ring (bicyclic) bond motifs is 1. The van der Waals surface area contributed by atoms with Gasteiger partial charge in [0, 0.05) is 11.6 Å². The van der Waals surface area contributed by atoms with Crippen LogP contribution in [0.3, 0.4) is 0 Å². The summed E-state index contributed by atoms with van der Waals surface area (Å²) < 4.78 is 6.11. The summed E-state index contributed by atoms with van der Waals surface area (Å²) in [6, 6.07) is 16.2. The van der Waals surface area contributed by atoms with E-state index in [1.54, 1.807) is 6.20 Å². The Balaban J connectivity index is 2.00. The molecule has 0 atom stereocenters. The van der Waals surface area contributed by atoms with E-state index in [0.717, 1.165) is 34.4 Å². The molecule has 0 amide bonds. The van der Waals surface area contributed by atoms with Gasteiger partial charge in [0.05, 0.1) is 0 Å². The van der Waals surface area contributed by atoms with Gasteiger partial charge in [-0.05, 0) is 49.2 Å². The predicted octanol–water partition coefficient (Wildman–Crippen LogP) is 3.84. The van der Waals surface area contributed by atoms with Crippen molar-refractivity contribution >= 4 is 10.9 Å². The van der Waals surface area contributed by atoms with E-state index in [-0.39, 0.29) is 0 Å². The maximum absolute atomic E-state index is 6.11. The van der Waals surface area contributed by atoms with Gasteiger partial charge in [-0.1, -0.05) is 30.3 Å². The smallest absolute Gasteiger partial charge is 0.153 e. The molecule has 0 unspecified atom stereocenters. The van der Waals surface area contributed by atoms with Gasteiger partial charge in [-0.3, -0.25) is 4.98 Å². The number of para-hydroxylation sites is 1. The monoisotopic (exact) mass is 278 g/mol. The first-order chi connectivity index (χ1) is 10.3. The molecule has 0 saturated heterocycles. The van der Waals surface area contributed by atoms with Gasteiger partial charge < -0.3 is 10.5 Å². The van der Waals surface area contributed by atoms with Crippen molar-refractivity contribution in [3.8, 4) is 11.5 Å². The van der Waals surface area contributed by atoms with Gasteiger partial charge in [-0.15, -0.1) is 0 Å². The zero-order valence-electron chi connectivity index (χ0n) is 12.0. The van der Waals surface area contributed by atoms with Gasteiger partial charge >= 0.3 is 0 Å². The topological polar surface area (TPSA) is 48.1 Å². The molecule has 106 valence electrons. The van der Waals surface area contributed by atoms with E-state index in [4.69, 9.17) is 10.5 Å². The second-order valence-electron chi connectivity index (χ2n) is 5.07. The van der Waals surface area contributed by atoms with Crippen LogP contribution in [0, 0.1) is 6.92 Å². The first-order valence-electron chi connectivity index (χ1n) is 7.09. The Morgan fingerprint density at radius 2 is 1.90 bits per heavy atom. The van der Waals surface area contributed by atoms with Crippen LogP contribution in [-0.4, -0.2) is 11.5 Å². The summed E-state index contributed by atoms with van der Waals surface area (Å²) in [6.07, 6.45) is 2.64. The lowest BCUT2D eigenvalue weighted by molar-refractivity contribution is 0.482. The third kappa shape index (κ3) is 2.88. The first-order valence-corrected chi connectivity index (χ1v) is 7.09. The SMILES string of the molecule is Cc1ccc(CCN)cc1Oc1cccc2cccnc12. The molecule has 21 heavy (non-hydrogen) atoms. The van der Waals surface area contributed by atoms with Crippen molar-refractivity contribution in [3.05, 3.63) is 65.9 Å². The van der Waals surface area contributed by atoms with Gasteiger partial charge in [0.25, 0.3) is 0 Å². The second kappa shape index (κ2) is 5.94. The molecule has 1 aromatic heterocycles. The van der Waals surface area contributed by atoms with Gasteiger partial charge in [-0.25, -0.2) is 0 Å². The van der Waals surface area contributed by atoms with Crippen LogP contribution in [0.5, 0.6) is 11.5 Å². The minimum atomic E-state index is 0.637. The largest absolute Gasteiger partial charge is 0.455 e. The molecule has 0 aliphatic carbocycles. The molecule has 3 rings (SSSR count). The molecule has 0 aliphatic rings. The summed E-state index contributed by atoms with van der Waals surface area (Å²) in [6.45, 7) is 2.68. The Labute approximate surface area is 124 Å². The van der Waals surface area contributed by atoms with Crippen molar-refractivity contribution in [2.75, 3.05) is 6.54 Å². The Bertz CT molecular complexity index is 763. The molecule has 3 nitrogen and oxygen atoms in total.